The number of hydrogen-bond donors (Lipinski definition) is 0. The molecule has 174 valence electrons. The van der Waals surface area contributed by atoms with Crippen molar-refractivity contribution in [2.24, 2.45) is 5.92 Å². The van der Waals surface area contributed by atoms with Crippen LogP contribution in [0.2, 0.25) is 0 Å². The van der Waals surface area contributed by atoms with E-state index in [-0.39, 0.29) is 17.9 Å². The third kappa shape index (κ3) is 4.91. The topological polar surface area (TPSA) is 76.9 Å². The summed E-state index contributed by atoms with van der Waals surface area (Å²) in [6.45, 7) is 8.90. The molecule has 1 aliphatic carbocycles. The second kappa shape index (κ2) is 10.4. The lowest BCUT2D eigenvalue weighted by molar-refractivity contribution is -0.141. The van der Waals surface area contributed by atoms with Crippen molar-refractivity contribution < 1.29 is 14.3 Å². The molecule has 32 heavy (non-hydrogen) atoms. The highest BCUT2D eigenvalue weighted by atomic mass is 16.5. The van der Waals surface area contributed by atoms with Crippen molar-refractivity contribution >= 4 is 11.8 Å². The first kappa shape index (κ1) is 24.1. The highest BCUT2D eigenvalue weighted by Gasteiger charge is 2.42. The molecule has 7 nitrogen and oxygen atoms in total. The standard InChI is InChI=1S/C25H36N4O3/c1-5-32-22-9-7-6-8-21(22)24(31)29-16-14-28(15-17-29)20(3)23(30)27(4)25(18-26)12-10-19(2)11-13-25/h6-9,19-20H,5,10-17H2,1-4H3. The van der Waals surface area contributed by atoms with E-state index in [9.17, 15) is 14.9 Å². The number of nitrogens with zero attached hydrogens (tertiary/aromatic N) is 4. The van der Waals surface area contributed by atoms with Crippen LogP contribution >= 0.6 is 0 Å². The molecular weight excluding hydrogens is 404 g/mol. The monoisotopic (exact) mass is 440 g/mol. The lowest BCUT2D eigenvalue weighted by atomic mass is 9.77. The highest BCUT2D eigenvalue weighted by molar-refractivity contribution is 5.97. The number of rotatable bonds is 6. The van der Waals surface area contributed by atoms with Gasteiger partial charge in [-0.15, -0.1) is 0 Å². The molecule has 1 saturated heterocycles. The van der Waals surface area contributed by atoms with E-state index in [0.29, 0.717) is 50.0 Å². The van der Waals surface area contributed by atoms with Gasteiger partial charge in [0.15, 0.2) is 0 Å². The van der Waals surface area contributed by atoms with Gasteiger partial charge in [-0.05, 0) is 57.6 Å². The molecule has 0 spiro atoms. The number of para-hydroxylation sites is 1. The Kier molecular flexibility index (Phi) is 7.78. The van der Waals surface area contributed by atoms with Crippen molar-refractivity contribution in [3.05, 3.63) is 29.8 Å². The molecule has 1 saturated carbocycles. The van der Waals surface area contributed by atoms with Crippen molar-refractivity contribution in [1.82, 2.24) is 14.7 Å². The Labute approximate surface area is 191 Å². The predicted molar refractivity (Wildman–Crippen MR) is 123 cm³/mol. The predicted octanol–water partition coefficient (Wildman–Crippen LogP) is 3.16. The van der Waals surface area contributed by atoms with E-state index in [1.807, 2.05) is 36.9 Å². The summed E-state index contributed by atoms with van der Waals surface area (Å²) in [4.78, 5) is 32.0. The van der Waals surface area contributed by atoms with Gasteiger partial charge in [-0.3, -0.25) is 14.5 Å². The minimum Gasteiger partial charge on any atom is -0.493 e. The van der Waals surface area contributed by atoms with Crippen LogP contribution in [-0.4, -0.2) is 77.9 Å². The van der Waals surface area contributed by atoms with Crippen molar-refractivity contribution in [3.8, 4) is 11.8 Å². The average Bonchev–Trinajstić information content (AvgIpc) is 2.83. The maximum atomic E-state index is 13.3. The summed E-state index contributed by atoms with van der Waals surface area (Å²) in [5.74, 6) is 1.17. The van der Waals surface area contributed by atoms with E-state index in [1.54, 1.807) is 18.0 Å². The molecule has 1 unspecified atom stereocenters. The smallest absolute Gasteiger partial charge is 0.257 e. The molecule has 1 aliphatic heterocycles. The number of benzene rings is 1. The molecule has 1 atom stereocenters. The van der Waals surface area contributed by atoms with Gasteiger partial charge in [0.25, 0.3) is 5.91 Å². The summed E-state index contributed by atoms with van der Waals surface area (Å²) < 4.78 is 5.62. The van der Waals surface area contributed by atoms with Gasteiger partial charge < -0.3 is 14.5 Å². The minimum absolute atomic E-state index is 0.0115. The number of carbonyl (C=O) groups excluding carboxylic acids is 2. The summed E-state index contributed by atoms with van der Waals surface area (Å²) in [6.07, 6.45) is 3.43. The van der Waals surface area contributed by atoms with Gasteiger partial charge in [0.1, 0.15) is 11.3 Å². The fourth-order valence-electron chi connectivity index (χ4n) is 4.82. The summed E-state index contributed by atoms with van der Waals surface area (Å²) in [7, 11) is 1.78. The molecule has 1 heterocycles. The average molecular weight is 441 g/mol. The third-order valence-electron chi connectivity index (χ3n) is 7.21. The first-order valence-corrected chi connectivity index (χ1v) is 11.8. The Balaban J connectivity index is 1.60. The number of carbonyl (C=O) groups is 2. The van der Waals surface area contributed by atoms with Crippen LogP contribution in [0.5, 0.6) is 5.75 Å². The molecule has 1 aromatic rings. The molecule has 3 rings (SSSR count). The van der Waals surface area contributed by atoms with E-state index < -0.39 is 5.54 Å². The van der Waals surface area contributed by atoms with Crippen molar-refractivity contribution in [2.75, 3.05) is 39.8 Å². The molecule has 7 heteroatoms. The van der Waals surface area contributed by atoms with Crippen LogP contribution in [-0.2, 0) is 4.79 Å². The zero-order valence-corrected chi connectivity index (χ0v) is 19.8. The number of nitriles is 1. The van der Waals surface area contributed by atoms with E-state index in [1.165, 1.54) is 0 Å². The Bertz CT molecular complexity index is 849. The van der Waals surface area contributed by atoms with Crippen LogP contribution in [0.4, 0.5) is 0 Å². The second-order valence-electron chi connectivity index (χ2n) is 9.16. The number of piperazine rings is 1. The van der Waals surface area contributed by atoms with Gasteiger partial charge >= 0.3 is 0 Å². The van der Waals surface area contributed by atoms with E-state index in [4.69, 9.17) is 4.74 Å². The molecule has 0 N–H and O–H groups in total. The number of likely N-dealkylation sites (N-methyl/N-ethyl adjacent to an activating group) is 1. The lowest BCUT2D eigenvalue weighted by Crippen LogP contribution is -2.59. The summed E-state index contributed by atoms with van der Waals surface area (Å²) >= 11 is 0. The normalized spacial score (nSPS) is 25.0. The summed E-state index contributed by atoms with van der Waals surface area (Å²) in [6, 6.07) is 9.46. The Hall–Kier alpha value is -2.59. The number of hydrogen-bond acceptors (Lipinski definition) is 5. The Morgan fingerprint density at radius 2 is 1.84 bits per heavy atom. The van der Waals surface area contributed by atoms with Crippen LogP contribution in [0.1, 0.15) is 56.8 Å². The number of ether oxygens (including phenoxy) is 1. The largest absolute Gasteiger partial charge is 0.493 e. The summed E-state index contributed by atoms with van der Waals surface area (Å²) in [5.41, 5.74) is -0.118. The fraction of sp³-hybridized carbons (Fsp3) is 0.640. The highest BCUT2D eigenvalue weighted by Crippen LogP contribution is 2.36. The Morgan fingerprint density at radius 3 is 2.44 bits per heavy atom. The van der Waals surface area contributed by atoms with Crippen LogP contribution in [0.15, 0.2) is 24.3 Å². The molecule has 2 fully saturated rings. The lowest BCUT2D eigenvalue weighted by Gasteiger charge is -2.44. The zero-order valence-electron chi connectivity index (χ0n) is 19.8. The van der Waals surface area contributed by atoms with Crippen molar-refractivity contribution in [3.63, 3.8) is 0 Å². The van der Waals surface area contributed by atoms with Crippen LogP contribution < -0.4 is 4.74 Å². The van der Waals surface area contributed by atoms with Gasteiger partial charge in [0.05, 0.1) is 24.3 Å². The number of amides is 2. The minimum atomic E-state index is -0.696. The van der Waals surface area contributed by atoms with E-state index >= 15 is 0 Å². The van der Waals surface area contributed by atoms with Crippen LogP contribution in [0.3, 0.4) is 0 Å². The zero-order chi connectivity index (χ0) is 23.3. The fourth-order valence-corrected chi connectivity index (χ4v) is 4.82. The maximum absolute atomic E-state index is 13.3. The quantitative estimate of drug-likeness (QED) is 0.679. The summed E-state index contributed by atoms with van der Waals surface area (Å²) in [5, 5.41) is 9.89. The van der Waals surface area contributed by atoms with Gasteiger partial charge in [-0.1, -0.05) is 19.1 Å². The van der Waals surface area contributed by atoms with Gasteiger partial charge in [-0.2, -0.15) is 5.26 Å². The molecular formula is C25H36N4O3. The van der Waals surface area contributed by atoms with Crippen LogP contribution in [0.25, 0.3) is 0 Å². The molecule has 0 aromatic heterocycles. The first-order valence-electron chi connectivity index (χ1n) is 11.8. The van der Waals surface area contributed by atoms with Gasteiger partial charge in [-0.25, -0.2) is 0 Å². The van der Waals surface area contributed by atoms with Crippen molar-refractivity contribution in [2.45, 2.75) is 58.0 Å². The molecule has 2 amide bonds. The van der Waals surface area contributed by atoms with E-state index in [0.717, 1.165) is 25.7 Å². The van der Waals surface area contributed by atoms with Crippen LogP contribution in [0, 0.1) is 17.2 Å². The second-order valence-corrected chi connectivity index (χ2v) is 9.16. The molecule has 2 aliphatic rings. The van der Waals surface area contributed by atoms with Gasteiger partial charge in [0, 0.05) is 33.2 Å². The molecule has 1 aromatic carbocycles. The van der Waals surface area contributed by atoms with Crippen molar-refractivity contribution in [1.29, 1.82) is 5.26 Å². The SMILES string of the molecule is CCOc1ccccc1C(=O)N1CCN(C(C)C(=O)N(C)C2(C#N)CCC(C)CC2)CC1. The molecule has 0 radical (unpaired) electrons. The third-order valence-corrected chi connectivity index (χ3v) is 7.21. The Morgan fingerprint density at radius 1 is 1.22 bits per heavy atom. The molecule has 0 bridgehead atoms. The maximum Gasteiger partial charge on any atom is 0.257 e. The first-order chi connectivity index (χ1) is 15.3. The van der Waals surface area contributed by atoms with Gasteiger partial charge in [0.2, 0.25) is 5.91 Å². The van der Waals surface area contributed by atoms with E-state index in [2.05, 4.69) is 17.9 Å².